The first kappa shape index (κ1) is 17.5. The van der Waals surface area contributed by atoms with Crippen LogP contribution in [0.1, 0.15) is 33.6 Å². The van der Waals surface area contributed by atoms with Crippen LogP contribution in [0.2, 0.25) is 0 Å². The molecule has 110 valence electrons. The molecule has 1 atom stereocenters. The molecule has 4 nitrogen and oxygen atoms in total. The summed E-state index contributed by atoms with van der Waals surface area (Å²) in [5.74, 6) is -3.05. The average Bonchev–Trinajstić information content (AvgIpc) is 2.35. The van der Waals surface area contributed by atoms with Gasteiger partial charge in [0.15, 0.2) is 0 Å². The molecule has 0 aromatic rings. The lowest BCUT2D eigenvalue weighted by atomic mass is 9.77. The molecule has 0 aliphatic heterocycles. The summed E-state index contributed by atoms with van der Waals surface area (Å²) in [4.78, 5) is 11.5. The standard InChI is InChI=1S/C12H19F2NO2.CH3N/c1-4-10(11(16)17-5-2)15-8(3)9-6-12(13,14)7-9;1-2/h4,8-9,15H,5-7H2,1-3H3;2H,1H2/b10-4-;. The highest BCUT2D eigenvalue weighted by atomic mass is 19.3. The highest BCUT2D eigenvalue weighted by Crippen LogP contribution is 2.44. The highest BCUT2D eigenvalue weighted by Gasteiger charge is 2.47. The second-order valence-corrected chi connectivity index (χ2v) is 4.38. The molecule has 1 saturated carbocycles. The number of carbonyl (C=O) groups is 1. The number of halogens is 2. The van der Waals surface area contributed by atoms with Crippen molar-refractivity contribution >= 4 is 12.7 Å². The summed E-state index contributed by atoms with van der Waals surface area (Å²) >= 11 is 0. The molecule has 2 N–H and O–H groups in total. The molecular weight excluding hydrogens is 254 g/mol. The lowest BCUT2D eigenvalue weighted by molar-refractivity contribution is -0.139. The van der Waals surface area contributed by atoms with Crippen molar-refractivity contribution in [2.75, 3.05) is 6.61 Å². The fourth-order valence-corrected chi connectivity index (χ4v) is 1.89. The molecule has 1 rings (SSSR count). The van der Waals surface area contributed by atoms with Crippen molar-refractivity contribution in [2.45, 2.75) is 45.6 Å². The third-order valence-electron chi connectivity index (χ3n) is 3.00. The number of ether oxygens (including phenoxy) is 1. The summed E-state index contributed by atoms with van der Waals surface area (Å²) in [6.45, 7) is 8.04. The number of rotatable bonds is 5. The maximum Gasteiger partial charge on any atom is 0.354 e. The zero-order valence-electron chi connectivity index (χ0n) is 11.6. The summed E-state index contributed by atoms with van der Waals surface area (Å²) in [6, 6.07) is -0.148. The van der Waals surface area contributed by atoms with Crippen LogP contribution in [0.3, 0.4) is 0 Å². The predicted molar refractivity (Wildman–Crippen MR) is 70.5 cm³/mol. The van der Waals surface area contributed by atoms with Crippen molar-refractivity contribution in [1.29, 1.82) is 5.41 Å². The minimum atomic E-state index is -2.53. The van der Waals surface area contributed by atoms with E-state index in [0.29, 0.717) is 12.3 Å². The second-order valence-electron chi connectivity index (χ2n) is 4.38. The number of esters is 1. The fraction of sp³-hybridized carbons (Fsp3) is 0.692. The van der Waals surface area contributed by atoms with Crippen LogP contribution in [0, 0.1) is 11.3 Å². The van der Waals surface area contributed by atoms with Crippen LogP contribution in [0.15, 0.2) is 11.8 Å². The van der Waals surface area contributed by atoms with Crippen LogP contribution >= 0.6 is 0 Å². The fourth-order valence-electron chi connectivity index (χ4n) is 1.89. The molecule has 0 amide bonds. The summed E-state index contributed by atoms with van der Waals surface area (Å²) in [5.41, 5.74) is 0.342. The van der Waals surface area contributed by atoms with Crippen molar-refractivity contribution in [2.24, 2.45) is 5.92 Å². The number of allylic oxidation sites excluding steroid dienone is 1. The number of nitrogens with one attached hydrogen (secondary N) is 2. The first-order valence-electron chi connectivity index (χ1n) is 6.22. The van der Waals surface area contributed by atoms with Crippen molar-refractivity contribution in [3.05, 3.63) is 11.8 Å². The van der Waals surface area contributed by atoms with E-state index >= 15 is 0 Å². The Hall–Kier alpha value is -1.46. The van der Waals surface area contributed by atoms with Crippen molar-refractivity contribution in [3.8, 4) is 0 Å². The van der Waals surface area contributed by atoms with Gasteiger partial charge in [-0.2, -0.15) is 0 Å². The van der Waals surface area contributed by atoms with Gasteiger partial charge in [-0.05, 0) is 33.4 Å². The average molecular weight is 276 g/mol. The molecule has 1 fully saturated rings. The largest absolute Gasteiger partial charge is 0.461 e. The molecule has 0 radical (unpaired) electrons. The molecule has 0 saturated heterocycles. The lowest BCUT2D eigenvalue weighted by Gasteiger charge is -2.39. The minimum absolute atomic E-state index is 0.0885. The second kappa shape index (κ2) is 7.86. The maximum absolute atomic E-state index is 12.7. The lowest BCUT2D eigenvalue weighted by Crippen LogP contribution is -2.47. The Morgan fingerprint density at radius 3 is 2.47 bits per heavy atom. The topological polar surface area (TPSA) is 62.2 Å². The van der Waals surface area contributed by atoms with E-state index in [1.54, 1.807) is 19.9 Å². The molecule has 0 spiro atoms. The van der Waals surface area contributed by atoms with Crippen LogP contribution in [-0.4, -0.2) is 31.3 Å². The van der Waals surface area contributed by atoms with Gasteiger partial charge < -0.3 is 15.5 Å². The first-order chi connectivity index (χ1) is 8.89. The Labute approximate surface area is 112 Å². The van der Waals surface area contributed by atoms with Gasteiger partial charge in [0.05, 0.1) is 6.61 Å². The SMILES string of the molecule is C/C=C(\NC(C)C1CC(F)(F)C1)C(=O)OCC.C=N. The molecule has 6 heteroatoms. The summed E-state index contributed by atoms with van der Waals surface area (Å²) in [5, 5.41) is 8.44. The molecule has 1 aliphatic carbocycles. The Morgan fingerprint density at radius 1 is 1.58 bits per heavy atom. The molecule has 0 heterocycles. The van der Waals surface area contributed by atoms with Gasteiger partial charge in [-0.3, -0.25) is 0 Å². The van der Waals surface area contributed by atoms with Crippen LogP contribution in [0.5, 0.6) is 0 Å². The van der Waals surface area contributed by atoms with Gasteiger partial charge in [-0.15, -0.1) is 0 Å². The molecule has 1 aliphatic rings. The van der Waals surface area contributed by atoms with Crippen LogP contribution in [-0.2, 0) is 9.53 Å². The highest BCUT2D eigenvalue weighted by molar-refractivity contribution is 5.87. The smallest absolute Gasteiger partial charge is 0.354 e. The molecule has 0 aromatic heterocycles. The molecule has 0 bridgehead atoms. The first-order valence-corrected chi connectivity index (χ1v) is 6.22. The van der Waals surface area contributed by atoms with E-state index in [0.717, 1.165) is 0 Å². The third kappa shape index (κ3) is 5.36. The van der Waals surface area contributed by atoms with Gasteiger partial charge in [-0.1, -0.05) is 6.08 Å². The zero-order valence-corrected chi connectivity index (χ0v) is 11.6. The normalized spacial score (nSPS) is 19.5. The van der Waals surface area contributed by atoms with Gasteiger partial charge >= 0.3 is 5.97 Å². The van der Waals surface area contributed by atoms with E-state index in [1.807, 2.05) is 6.92 Å². The molecule has 0 aromatic carbocycles. The Morgan fingerprint density at radius 2 is 2.11 bits per heavy atom. The van der Waals surface area contributed by atoms with E-state index in [2.05, 4.69) is 12.0 Å². The van der Waals surface area contributed by atoms with Gasteiger partial charge in [0.1, 0.15) is 5.70 Å². The quantitative estimate of drug-likeness (QED) is 0.461. The van der Waals surface area contributed by atoms with E-state index in [4.69, 9.17) is 10.1 Å². The van der Waals surface area contributed by atoms with Crippen molar-refractivity contribution in [1.82, 2.24) is 5.32 Å². The number of alkyl halides is 2. The van der Waals surface area contributed by atoms with Crippen molar-refractivity contribution < 1.29 is 18.3 Å². The van der Waals surface area contributed by atoms with Crippen LogP contribution < -0.4 is 5.32 Å². The number of hydrogen-bond donors (Lipinski definition) is 2. The Bertz CT molecular complexity index is 325. The minimum Gasteiger partial charge on any atom is -0.461 e. The summed E-state index contributed by atoms with van der Waals surface area (Å²) in [6.07, 6.45) is 1.38. The van der Waals surface area contributed by atoms with E-state index in [9.17, 15) is 13.6 Å². The van der Waals surface area contributed by atoms with E-state index in [1.165, 1.54) is 0 Å². The van der Waals surface area contributed by atoms with Crippen LogP contribution in [0.4, 0.5) is 8.78 Å². The third-order valence-corrected chi connectivity index (χ3v) is 3.00. The van der Waals surface area contributed by atoms with E-state index < -0.39 is 11.9 Å². The predicted octanol–water partition coefficient (Wildman–Crippen LogP) is 2.74. The number of carbonyl (C=O) groups excluding carboxylic acids is 1. The van der Waals surface area contributed by atoms with E-state index in [-0.39, 0.29) is 24.8 Å². The molecular formula is C13H22F2N2O2. The van der Waals surface area contributed by atoms with Crippen molar-refractivity contribution in [3.63, 3.8) is 0 Å². The molecule has 1 unspecified atom stereocenters. The summed E-state index contributed by atoms with van der Waals surface area (Å²) < 4.78 is 30.3. The van der Waals surface area contributed by atoms with Crippen LogP contribution in [0.25, 0.3) is 0 Å². The molecule has 19 heavy (non-hydrogen) atoms. The Balaban J connectivity index is 0.00000154. The van der Waals surface area contributed by atoms with Gasteiger partial charge in [0.2, 0.25) is 5.92 Å². The van der Waals surface area contributed by atoms with Gasteiger partial charge in [-0.25, -0.2) is 13.6 Å². The monoisotopic (exact) mass is 276 g/mol. The zero-order chi connectivity index (χ0) is 15.1. The summed E-state index contributed by atoms with van der Waals surface area (Å²) in [7, 11) is 0. The van der Waals surface area contributed by atoms with Gasteiger partial charge in [0, 0.05) is 18.9 Å². The maximum atomic E-state index is 12.7. The number of hydrogen-bond acceptors (Lipinski definition) is 4. The van der Waals surface area contributed by atoms with Gasteiger partial charge in [0.25, 0.3) is 0 Å². The Kier molecular flexibility index (Phi) is 7.26.